The molecule has 1 aromatic carbocycles. The fourth-order valence-electron chi connectivity index (χ4n) is 2.93. The van der Waals surface area contributed by atoms with Gasteiger partial charge in [0.2, 0.25) is 0 Å². The minimum absolute atomic E-state index is 0.301. The second kappa shape index (κ2) is 5.13. The summed E-state index contributed by atoms with van der Waals surface area (Å²) < 4.78 is 23.2. The lowest BCUT2D eigenvalue weighted by atomic mass is 10.1. The third-order valence-corrected chi connectivity index (χ3v) is 5.69. The van der Waals surface area contributed by atoms with Crippen LogP contribution in [-0.2, 0) is 22.8 Å². The normalized spacial score (nSPS) is 22.5. The van der Waals surface area contributed by atoms with E-state index in [1.54, 1.807) is 0 Å². The molecular weight excluding hydrogens is 260 g/mol. The molecule has 2 aliphatic rings. The lowest BCUT2D eigenvalue weighted by molar-refractivity contribution is 0.287. The van der Waals surface area contributed by atoms with Gasteiger partial charge in [-0.15, -0.1) is 0 Å². The Balaban J connectivity index is 1.74. The van der Waals surface area contributed by atoms with Crippen molar-refractivity contribution >= 4 is 15.5 Å². The first kappa shape index (κ1) is 12.9. The van der Waals surface area contributed by atoms with Crippen molar-refractivity contribution in [3.8, 4) is 0 Å². The van der Waals surface area contributed by atoms with Crippen LogP contribution >= 0.6 is 0 Å². The van der Waals surface area contributed by atoms with Crippen LogP contribution in [0.3, 0.4) is 0 Å². The predicted molar refractivity (Wildman–Crippen MR) is 77.2 cm³/mol. The Kier molecular flexibility index (Phi) is 3.50. The molecule has 3 rings (SSSR count). The summed E-state index contributed by atoms with van der Waals surface area (Å²) in [6.45, 7) is 3.40. The summed E-state index contributed by atoms with van der Waals surface area (Å²) in [6, 6.07) is 6.43. The maximum Gasteiger partial charge on any atom is 0.151 e. The second-order valence-corrected chi connectivity index (χ2v) is 7.71. The van der Waals surface area contributed by atoms with Crippen molar-refractivity contribution in [3.63, 3.8) is 0 Å². The summed E-state index contributed by atoms with van der Waals surface area (Å²) >= 11 is 0. The van der Waals surface area contributed by atoms with E-state index in [9.17, 15) is 8.42 Å². The number of para-hydroxylation sites is 1. The molecule has 0 radical (unpaired) electrons. The van der Waals surface area contributed by atoms with Gasteiger partial charge in [-0.3, -0.25) is 4.90 Å². The first-order valence-corrected chi connectivity index (χ1v) is 8.74. The second-order valence-electron chi connectivity index (χ2n) is 5.41. The maximum absolute atomic E-state index is 11.6. The molecule has 0 aliphatic carbocycles. The minimum Gasteiger partial charge on any atom is -0.384 e. The number of anilines is 1. The van der Waals surface area contributed by atoms with Gasteiger partial charge in [0.05, 0.1) is 11.5 Å². The summed E-state index contributed by atoms with van der Waals surface area (Å²) in [7, 11) is -2.81. The first-order valence-electron chi connectivity index (χ1n) is 6.91. The van der Waals surface area contributed by atoms with E-state index in [1.165, 1.54) is 16.8 Å². The fraction of sp³-hybridized carbons (Fsp3) is 0.571. The molecule has 1 fully saturated rings. The Morgan fingerprint density at radius 1 is 1.21 bits per heavy atom. The van der Waals surface area contributed by atoms with E-state index >= 15 is 0 Å². The van der Waals surface area contributed by atoms with Gasteiger partial charge in [0, 0.05) is 25.3 Å². The van der Waals surface area contributed by atoms with Gasteiger partial charge in [-0.2, -0.15) is 0 Å². The number of hydrogen-bond acceptors (Lipinski definition) is 4. The average molecular weight is 280 g/mol. The van der Waals surface area contributed by atoms with Gasteiger partial charge in [0.15, 0.2) is 9.84 Å². The Morgan fingerprint density at radius 3 is 3.00 bits per heavy atom. The lowest BCUT2D eigenvalue weighted by Crippen LogP contribution is -2.26. The maximum atomic E-state index is 11.6. The monoisotopic (exact) mass is 280 g/mol. The summed E-state index contributed by atoms with van der Waals surface area (Å²) in [5.74, 6) is 0.643. The van der Waals surface area contributed by atoms with E-state index in [2.05, 4.69) is 28.4 Å². The third kappa shape index (κ3) is 2.92. The number of rotatable bonds is 2. The zero-order chi connectivity index (χ0) is 13.3. The summed E-state index contributed by atoms with van der Waals surface area (Å²) in [5.41, 5.74) is 3.96. The summed E-state index contributed by atoms with van der Waals surface area (Å²) in [5, 5.41) is 3.45. The topological polar surface area (TPSA) is 49.4 Å². The molecule has 0 unspecified atom stereocenters. The van der Waals surface area contributed by atoms with Gasteiger partial charge in [-0.25, -0.2) is 8.42 Å². The van der Waals surface area contributed by atoms with Crippen LogP contribution in [0.25, 0.3) is 0 Å². The molecule has 0 atom stereocenters. The molecule has 0 amide bonds. The zero-order valence-electron chi connectivity index (χ0n) is 11.1. The van der Waals surface area contributed by atoms with Gasteiger partial charge in [0.25, 0.3) is 0 Å². The smallest absolute Gasteiger partial charge is 0.151 e. The van der Waals surface area contributed by atoms with E-state index < -0.39 is 9.84 Å². The van der Waals surface area contributed by atoms with Crippen LogP contribution in [0.4, 0.5) is 5.69 Å². The van der Waals surface area contributed by atoms with Gasteiger partial charge in [-0.1, -0.05) is 18.2 Å². The van der Waals surface area contributed by atoms with E-state index in [-0.39, 0.29) is 0 Å². The van der Waals surface area contributed by atoms with Crippen molar-refractivity contribution in [2.45, 2.75) is 19.4 Å². The lowest BCUT2D eigenvalue weighted by Gasteiger charge is -2.21. The van der Waals surface area contributed by atoms with Crippen LogP contribution in [0.5, 0.6) is 0 Å². The van der Waals surface area contributed by atoms with Crippen LogP contribution in [0.2, 0.25) is 0 Å². The highest BCUT2D eigenvalue weighted by atomic mass is 32.2. The molecule has 19 heavy (non-hydrogen) atoms. The van der Waals surface area contributed by atoms with Crippen molar-refractivity contribution in [3.05, 3.63) is 29.3 Å². The Morgan fingerprint density at radius 2 is 2.11 bits per heavy atom. The Bertz CT molecular complexity index is 569. The summed E-state index contributed by atoms with van der Waals surface area (Å²) in [6.07, 6.45) is 1.85. The Labute approximate surface area is 114 Å². The number of nitrogens with one attached hydrogen (secondary N) is 1. The molecule has 5 heteroatoms. The molecule has 1 aromatic rings. The largest absolute Gasteiger partial charge is 0.384 e. The molecule has 0 aromatic heterocycles. The SMILES string of the molecule is O=S1(=O)CCCN(Cc2cccc3c2NCC3)CC1. The van der Waals surface area contributed by atoms with Crippen LogP contribution in [0.1, 0.15) is 17.5 Å². The quantitative estimate of drug-likeness (QED) is 0.886. The molecule has 1 saturated heterocycles. The number of hydrogen-bond donors (Lipinski definition) is 1. The third-order valence-electron chi connectivity index (χ3n) is 3.98. The van der Waals surface area contributed by atoms with Crippen molar-refractivity contribution in [1.29, 1.82) is 0 Å². The molecule has 2 aliphatic heterocycles. The van der Waals surface area contributed by atoms with Crippen LogP contribution in [-0.4, -0.2) is 44.5 Å². The molecule has 0 spiro atoms. The van der Waals surface area contributed by atoms with Crippen molar-refractivity contribution in [1.82, 2.24) is 4.90 Å². The predicted octanol–water partition coefficient (Wildman–Crippen LogP) is 1.28. The van der Waals surface area contributed by atoms with Crippen LogP contribution < -0.4 is 5.32 Å². The van der Waals surface area contributed by atoms with Crippen LogP contribution in [0, 0.1) is 0 Å². The van der Waals surface area contributed by atoms with E-state index in [0.29, 0.717) is 18.1 Å². The summed E-state index contributed by atoms with van der Waals surface area (Å²) in [4.78, 5) is 2.26. The van der Waals surface area contributed by atoms with Crippen molar-refractivity contribution in [2.24, 2.45) is 0 Å². The standard InChI is InChI=1S/C14H20N2O2S/c17-19(18)9-2-7-16(8-10-19)11-13-4-1-3-12-5-6-15-14(12)13/h1,3-4,15H,2,5-11H2. The fourth-order valence-corrected chi connectivity index (χ4v) is 4.24. The van der Waals surface area contributed by atoms with Crippen molar-refractivity contribution in [2.75, 3.05) is 36.5 Å². The number of sulfone groups is 1. The molecule has 2 heterocycles. The zero-order valence-corrected chi connectivity index (χ0v) is 11.9. The van der Waals surface area contributed by atoms with Crippen LogP contribution in [0.15, 0.2) is 18.2 Å². The van der Waals surface area contributed by atoms with Gasteiger partial charge in [0.1, 0.15) is 0 Å². The highest BCUT2D eigenvalue weighted by Crippen LogP contribution is 2.27. The van der Waals surface area contributed by atoms with E-state index in [0.717, 1.165) is 32.5 Å². The Hall–Kier alpha value is -1.07. The molecule has 1 N–H and O–H groups in total. The molecule has 0 saturated carbocycles. The molecule has 0 bridgehead atoms. The number of benzene rings is 1. The number of nitrogens with zero attached hydrogens (tertiary/aromatic N) is 1. The first-order chi connectivity index (χ1) is 9.14. The van der Waals surface area contributed by atoms with Gasteiger partial charge < -0.3 is 5.32 Å². The minimum atomic E-state index is -2.81. The number of fused-ring (bicyclic) bond motifs is 1. The highest BCUT2D eigenvalue weighted by molar-refractivity contribution is 7.91. The van der Waals surface area contributed by atoms with E-state index in [4.69, 9.17) is 0 Å². The average Bonchev–Trinajstić information content (AvgIpc) is 2.78. The molecule has 104 valence electrons. The van der Waals surface area contributed by atoms with Crippen molar-refractivity contribution < 1.29 is 8.42 Å². The van der Waals surface area contributed by atoms with Gasteiger partial charge >= 0.3 is 0 Å². The highest BCUT2D eigenvalue weighted by Gasteiger charge is 2.21. The van der Waals surface area contributed by atoms with E-state index in [1.807, 2.05) is 0 Å². The molecule has 4 nitrogen and oxygen atoms in total. The van der Waals surface area contributed by atoms with Gasteiger partial charge in [-0.05, 0) is 30.5 Å². The molecular formula is C14H20N2O2S.